The molecule has 0 amide bonds. The summed E-state index contributed by atoms with van der Waals surface area (Å²) >= 11 is 0. The summed E-state index contributed by atoms with van der Waals surface area (Å²) in [7, 11) is -1.74. The predicted octanol–water partition coefficient (Wildman–Crippen LogP) is 1.87. The van der Waals surface area contributed by atoms with Gasteiger partial charge in [0.2, 0.25) is 9.84 Å². The second-order valence-electron chi connectivity index (χ2n) is 4.07. The van der Waals surface area contributed by atoms with E-state index in [1.807, 2.05) is 6.92 Å². The molecule has 0 bridgehead atoms. The summed E-state index contributed by atoms with van der Waals surface area (Å²) in [5.74, 6) is 0. The minimum absolute atomic E-state index is 0.267. The Balaban J connectivity index is 2.57. The first-order valence-corrected chi connectivity index (χ1v) is 6.71. The van der Waals surface area contributed by atoms with E-state index in [0.717, 1.165) is 5.56 Å². The molecule has 0 aliphatic heterocycles. The van der Waals surface area contributed by atoms with Gasteiger partial charge >= 0.3 is 0 Å². The fraction of sp³-hybridized carbons (Fsp3) is 0.250. The average molecular weight is 250 g/mol. The first-order chi connectivity index (χ1) is 7.91. The number of benzene rings is 1. The molecule has 5 heteroatoms. The van der Waals surface area contributed by atoms with Crippen LogP contribution >= 0.6 is 0 Å². The van der Waals surface area contributed by atoms with E-state index < -0.39 is 9.84 Å². The van der Waals surface area contributed by atoms with E-state index in [4.69, 9.17) is 0 Å². The van der Waals surface area contributed by atoms with Crippen molar-refractivity contribution in [3.63, 3.8) is 0 Å². The highest BCUT2D eigenvalue weighted by Crippen LogP contribution is 2.22. The summed E-state index contributed by atoms with van der Waals surface area (Å²) in [6, 6.07) is 6.82. The minimum atomic E-state index is -3.45. The van der Waals surface area contributed by atoms with E-state index in [9.17, 15) is 8.42 Å². The molecule has 0 aliphatic rings. The fourth-order valence-electron chi connectivity index (χ4n) is 1.69. The lowest BCUT2D eigenvalue weighted by Crippen LogP contribution is -2.02. The van der Waals surface area contributed by atoms with Gasteiger partial charge in [-0.05, 0) is 26.0 Å². The van der Waals surface area contributed by atoms with Crippen LogP contribution in [0.4, 0.5) is 0 Å². The van der Waals surface area contributed by atoms with E-state index in [1.165, 1.54) is 10.9 Å². The molecule has 1 aromatic carbocycles. The van der Waals surface area contributed by atoms with Gasteiger partial charge in [0, 0.05) is 13.2 Å². The summed E-state index contributed by atoms with van der Waals surface area (Å²) in [6.45, 7) is 3.62. The molecule has 1 heterocycles. The van der Waals surface area contributed by atoms with Crippen LogP contribution in [0.2, 0.25) is 0 Å². The quantitative estimate of drug-likeness (QED) is 0.817. The third-order valence-corrected chi connectivity index (χ3v) is 4.46. The third-order valence-electron chi connectivity index (χ3n) is 2.59. The highest BCUT2D eigenvalue weighted by atomic mass is 32.2. The van der Waals surface area contributed by atoms with Gasteiger partial charge in [0.15, 0.2) is 0 Å². The second-order valence-corrected chi connectivity index (χ2v) is 5.99. The Labute approximate surface area is 101 Å². The topological polar surface area (TPSA) is 52.0 Å². The molecule has 0 saturated carbocycles. The molecule has 4 nitrogen and oxygen atoms in total. The third kappa shape index (κ3) is 2.10. The van der Waals surface area contributed by atoms with E-state index in [2.05, 4.69) is 5.10 Å². The normalized spacial score (nSPS) is 11.7. The van der Waals surface area contributed by atoms with Crippen molar-refractivity contribution < 1.29 is 8.42 Å². The lowest BCUT2D eigenvalue weighted by atomic mass is 10.2. The van der Waals surface area contributed by atoms with Crippen molar-refractivity contribution in [2.75, 3.05) is 0 Å². The van der Waals surface area contributed by atoms with Crippen LogP contribution in [0.5, 0.6) is 0 Å². The van der Waals surface area contributed by atoms with Crippen LogP contribution in [0, 0.1) is 13.8 Å². The Morgan fingerprint density at radius 2 is 1.71 bits per heavy atom. The molecule has 0 N–H and O–H groups in total. The monoisotopic (exact) mass is 250 g/mol. The molecule has 0 radical (unpaired) electrons. The lowest BCUT2D eigenvalue weighted by Gasteiger charge is -2.03. The van der Waals surface area contributed by atoms with Crippen molar-refractivity contribution in [2.24, 2.45) is 7.05 Å². The molecule has 17 heavy (non-hydrogen) atoms. The Bertz CT molecular complexity index is 640. The standard InChI is InChI=1S/C12H14N2O2S/c1-9-4-6-11(7-5-9)17(15,16)12-8-14(3)13-10(12)2/h4-8H,1-3H3. The maximum absolute atomic E-state index is 12.3. The van der Waals surface area contributed by atoms with Crippen molar-refractivity contribution in [1.82, 2.24) is 9.78 Å². The number of sulfone groups is 1. The van der Waals surface area contributed by atoms with E-state index in [-0.39, 0.29) is 4.90 Å². The highest BCUT2D eigenvalue weighted by Gasteiger charge is 2.22. The maximum Gasteiger partial charge on any atom is 0.209 e. The highest BCUT2D eigenvalue weighted by molar-refractivity contribution is 7.91. The minimum Gasteiger partial charge on any atom is -0.274 e. The molecule has 0 saturated heterocycles. The summed E-state index contributed by atoms with van der Waals surface area (Å²) in [4.78, 5) is 0.572. The van der Waals surface area contributed by atoms with Crippen LogP contribution < -0.4 is 0 Å². The summed E-state index contributed by atoms with van der Waals surface area (Å²) in [6.07, 6.45) is 1.53. The van der Waals surface area contributed by atoms with Crippen molar-refractivity contribution in [3.8, 4) is 0 Å². The predicted molar refractivity (Wildman–Crippen MR) is 64.6 cm³/mol. The molecule has 0 spiro atoms. The van der Waals surface area contributed by atoms with Gasteiger partial charge in [-0.1, -0.05) is 17.7 Å². The van der Waals surface area contributed by atoms with Crippen molar-refractivity contribution in [1.29, 1.82) is 0 Å². The van der Waals surface area contributed by atoms with E-state index in [1.54, 1.807) is 38.2 Å². The van der Waals surface area contributed by atoms with Gasteiger partial charge in [-0.3, -0.25) is 4.68 Å². The van der Waals surface area contributed by atoms with Crippen LogP contribution in [0.25, 0.3) is 0 Å². The average Bonchev–Trinajstić information content (AvgIpc) is 2.59. The molecule has 90 valence electrons. The number of hydrogen-bond acceptors (Lipinski definition) is 3. The molecule has 1 aromatic heterocycles. The molecule has 0 atom stereocenters. The van der Waals surface area contributed by atoms with Gasteiger partial charge in [-0.15, -0.1) is 0 Å². The van der Waals surface area contributed by atoms with Gasteiger partial charge in [0.25, 0.3) is 0 Å². The van der Waals surface area contributed by atoms with Gasteiger partial charge in [-0.25, -0.2) is 8.42 Å². The van der Waals surface area contributed by atoms with E-state index >= 15 is 0 Å². The molecular weight excluding hydrogens is 236 g/mol. The molecule has 0 aliphatic carbocycles. The van der Waals surface area contributed by atoms with Crippen molar-refractivity contribution in [3.05, 3.63) is 41.7 Å². The van der Waals surface area contributed by atoms with Crippen LogP contribution in [-0.4, -0.2) is 18.2 Å². The second kappa shape index (κ2) is 4.00. The van der Waals surface area contributed by atoms with Crippen LogP contribution in [0.15, 0.2) is 40.3 Å². The van der Waals surface area contributed by atoms with Gasteiger partial charge in [0.05, 0.1) is 10.6 Å². The first kappa shape index (κ1) is 11.9. The van der Waals surface area contributed by atoms with Crippen molar-refractivity contribution >= 4 is 9.84 Å². The molecule has 0 unspecified atom stereocenters. The molecule has 0 fully saturated rings. The summed E-state index contributed by atoms with van der Waals surface area (Å²) in [5, 5.41) is 4.06. The smallest absolute Gasteiger partial charge is 0.209 e. The molecular formula is C12H14N2O2S. The van der Waals surface area contributed by atoms with Crippen LogP contribution in [0.3, 0.4) is 0 Å². The Hall–Kier alpha value is -1.62. The Kier molecular flexibility index (Phi) is 2.79. The largest absolute Gasteiger partial charge is 0.274 e. The van der Waals surface area contributed by atoms with Gasteiger partial charge in [0.1, 0.15) is 4.90 Å². The zero-order chi connectivity index (χ0) is 12.6. The Morgan fingerprint density at radius 3 is 2.18 bits per heavy atom. The zero-order valence-corrected chi connectivity index (χ0v) is 10.8. The van der Waals surface area contributed by atoms with Crippen LogP contribution in [0.1, 0.15) is 11.3 Å². The van der Waals surface area contributed by atoms with Crippen molar-refractivity contribution in [2.45, 2.75) is 23.6 Å². The molecule has 2 aromatic rings. The number of aromatic nitrogens is 2. The number of nitrogens with zero attached hydrogens (tertiary/aromatic N) is 2. The fourth-order valence-corrected chi connectivity index (χ4v) is 3.16. The SMILES string of the molecule is Cc1ccc(S(=O)(=O)c2cn(C)nc2C)cc1. The first-order valence-electron chi connectivity index (χ1n) is 5.23. The summed E-state index contributed by atoms with van der Waals surface area (Å²) < 4.78 is 26.2. The van der Waals surface area contributed by atoms with Gasteiger partial charge < -0.3 is 0 Å². The Morgan fingerprint density at radius 1 is 1.12 bits per heavy atom. The number of rotatable bonds is 2. The summed E-state index contributed by atoms with van der Waals surface area (Å²) in [5.41, 5.74) is 1.56. The number of hydrogen-bond donors (Lipinski definition) is 0. The maximum atomic E-state index is 12.3. The van der Waals surface area contributed by atoms with Gasteiger partial charge in [-0.2, -0.15) is 5.10 Å². The number of aryl methyl sites for hydroxylation is 3. The lowest BCUT2D eigenvalue weighted by molar-refractivity contribution is 0.595. The zero-order valence-electron chi connectivity index (χ0n) is 10.0. The van der Waals surface area contributed by atoms with E-state index in [0.29, 0.717) is 10.6 Å². The molecule has 2 rings (SSSR count). The van der Waals surface area contributed by atoms with Crippen LogP contribution in [-0.2, 0) is 16.9 Å².